The van der Waals surface area contributed by atoms with Crippen molar-refractivity contribution in [1.82, 2.24) is 0 Å². The lowest BCUT2D eigenvalue weighted by molar-refractivity contribution is -0.118. The lowest BCUT2D eigenvalue weighted by Crippen LogP contribution is -2.35. The van der Waals surface area contributed by atoms with E-state index in [0.717, 1.165) is 17.7 Å². The van der Waals surface area contributed by atoms with E-state index in [-0.39, 0.29) is 30.6 Å². The standard InChI is InChI=1S/C21H23NO3/c1-14-8-10-20(25-3)17(12-14)19(23)9-11-21(24)22-15(2)13-16-6-4-5-7-18(16)22/h4-8,10,12,15H,9,11,13H2,1-3H3/t15-/m1/s1. The number of nitrogens with zero attached hydrogens (tertiary/aromatic N) is 1. The number of methoxy groups -OCH3 is 1. The Kier molecular flexibility index (Phi) is 4.88. The van der Waals surface area contributed by atoms with Gasteiger partial charge in [0.1, 0.15) is 5.75 Å². The van der Waals surface area contributed by atoms with Crippen molar-refractivity contribution in [2.75, 3.05) is 12.0 Å². The number of anilines is 1. The first-order chi connectivity index (χ1) is 12.0. The number of amides is 1. The summed E-state index contributed by atoms with van der Waals surface area (Å²) in [6.07, 6.45) is 1.25. The van der Waals surface area contributed by atoms with Crippen LogP contribution in [0, 0.1) is 6.92 Å². The second kappa shape index (κ2) is 7.09. The maximum absolute atomic E-state index is 12.7. The topological polar surface area (TPSA) is 46.6 Å². The van der Waals surface area contributed by atoms with E-state index in [9.17, 15) is 9.59 Å². The van der Waals surface area contributed by atoms with Crippen LogP contribution in [0.15, 0.2) is 42.5 Å². The zero-order valence-corrected chi connectivity index (χ0v) is 14.9. The number of hydrogen-bond donors (Lipinski definition) is 0. The van der Waals surface area contributed by atoms with Gasteiger partial charge in [-0.2, -0.15) is 0 Å². The number of aryl methyl sites for hydroxylation is 1. The van der Waals surface area contributed by atoms with Gasteiger partial charge in [0.25, 0.3) is 0 Å². The molecule has 0 bridgehead atoms. The molecule has 0 fully saturated rings. The number of carbonyl (C=O) groups excluding carboxylic acids is 2. The summed E-state index contributed by atoms with van der Waals surface area (Å²) >= 11 is 0. The summed E-state index contributed by atoms with van der Waals surface area (Å²) in [5, 5.41) is 0. The average Bonchev–Trinajstić information content (AvgIpc) is 2.95. The van der Waals surface area contributed by atoms with Gasteiger partial charge in [-0.1, -0.05) is 29.8 Å². The first kappa shape index (κ1) is 17.2. The monoisotopic (exact) mass is 337 g/mol. The number of carbonyl (C=O) groups is 2. The molecule has 0 aromatic heterocycles. The third-order valence-corrected chi connectivity index (χ3v) is 4.70. The number of fused-ring (bicyclic) bond motifs is 1. The fourth-order valence-electron chi connectivity index (χ4n) is 3.46. The van der Waals surface area contributed by atoms with Gasteiger partial charge in [-0.25, -0.2) is 0 Å². The molecule has 2 aromatic carbocycles. The number of ketones is 1. The molecule has 0 spiro atoms. The molecule has 130 valence electrons. The van der Waals surface area contributed by atoms with E-state index in [2.05, 4.69) is 6.07 Å². The molecule has 1 amide bonds. The van der Waals surface area contributed by atoms with Crippen molar-refractivity contribution in [3.63, 3.8) is 0 Å². The Balaban J connectivity index is 1.71. The highest BCUT2D eigenvalue weighted by Gasteiger charge is 2.30. The fourth-order valence-corrected chi connectivity index (χ4v) is 3.46. The minimum absolute atomic E-state index is 0.00239. The van der Waals surface area contributed by atoms with E-state index in [1.807, 2.05) is 49.1 Å². The molecule has 1 aliphatic heterocycles. The summed E-state index contributed by atoms with van der Waals surface area (Å²) in [6, 6.07) is 13.6. The van der Waals surface area contributed by atoms with Crippen LogP contribution in [0.4, 0.5) is 5.69 Å². The molecule has 2 aromatic rings. The smallest absolute Gasteiger partial charge is 0.227 e. The third-order valence-electron chi connectivity index (χ3n) is 4.70. The summed E-state index contributed by atoms with van der Waals surface area (Å²) in [5.74, 6) is 0.495. The van der Waals surface area contributed by atoms with E-state index in [4.69, 9.17) is 4.74 Å². The van der Waals surface area contributed by atoms with Crippen molar-refractivity contribution < 1.29 is 14.3 Å². The first-order valence-corrected chi connectivity index (χ1v) is 8.59. The predicted octanol–water partition coefficient (Wildman–Crippen LogP) is 3.94. The molecule has 0 unspecified atom stereocenters. The molecule has 1 atom stereocenters. The van der Waals surface area contributed by atoms with Crippen molar-refractivity contribution in [2.24, 2.45) is 0 Å². The molecular weight excluding hydrogens is 314 g/mol. The maximum atomic E-state index is 12.7. The van der Waals surface area contributed by atoms with Crippen molar-refractivity contribution in [1.29, 1.82) is 0 Å². The Hall–Kier alpha value is -2.62. The van der Waals surface area contributed by atoms with Crippen LogP contribution in [0.2, 0.25) is 0 Å². The molecule has 0 aliphatic carbocycles. The molecule has 1 aliphatic rings. The molecule has 1 heterocycles. The van der Waals surface area contributed by atoms with Gasteiger partial charge in [-0.05, 0) is 44.0 Å². The summed E-state index contributed by atoms with van der Waals surface area (Å²) in [5.41, 5.74) is 3.71. The molecule has 0 saturated heterocycles. The van der Waals surface area contributed by atoms with Crippen LogP contribution in [-0.4, -0.2) is 24.8 Å². The Morgan fingerprint density at radius 3 is 2.68 bits per heavy atom. The number of hydrogen-bond acceptors (Lipinski definition) is 3. The second-order valence-corrected chi connectivity index (χ2v) is 6.57. The Labute approximate surface area is 148 Å². The van der Waals surface area contributed by atoms with E-state index in [1.54, 1.807) is 13.2 Å². The van der Waals surface area contributed by atoms with Crippen LogP contribution < -0.4 is 9.64 Å². The normalized spacial score (nSPS) is 15.8. The van der Waals surface area contributed by atoms with Crippen LogP contribution in [0.3, 0.4) is 0 Å². The number of Topliss-reactive ketones (excluding diaryl/α,β-unsaturated/α-hetero) is 1. The van der Waals surface area contributed by atoms with Gasteiger partial charge in [0.2, 0.25) is 5.91 Å². The van der Waals surface area contributed by atoms with Gasteiger partial charge < -0.3 is 9.64 Å². The molecule has 25 heavy (non-hydrogen) atoms. The molecular formula is C21H23NO3. The molecule has 3 rings (SSSR count). The Bertz CT molecular complexity index is 813. The lowest BCUT2D eigenvalue weighted by atomic mass is 10.0. The fraction of sp³-hybridized carbons (Fsp3) is 0.333. The van der Waals surface area contributed by atoms with Gasteiger partial charge in [-0.15, -0.1) is 0 Å². The van der Waals surface area contributed by atoms with Crippen molar-refractivity contribution in [2.45, 2.75) is 39.2 Å². The van der Waals surface area contributed by atoms with Crippen LogP contribution in [0.25, 0.3) is 0 Å². The quantitative estimate of drug-likeness (QED) is 0.776. The van der Waals surface area contributed by atoms with Gasteiger partial charge >= 0.3 is 0 Å². The van der Waals surface area contributed by atoms with Crippen LogP contribution >= 0.6 is 0 Å². The largest absolute Gasteiger partial charge is 0.496 e. The SMILES string of the molecule is COc1ccc(C)cc1C(=O)CCC(=O)N1c2ccccc2C[C@H]1C. The highest BCUT2D eigenvalue weighted by molar-refractivity contribution is 6.03. The van der Waals surface area contributed by atoms with Gasteiger partial charge in [0.15, 0.2) is 5.78 Å². The minimum Gasteiger partial charge on any atom is -0.496 e. The molecule has 0 saturated carbocycles. The van der Waals surface area contributed by atoms with Crippen LogP contribution in [0.1, 0.15) is 41.3 Å². The van der Waals surface area contributed by atoms with Crippen molar-refractivity contribution in [3.8, 4) is 5.75 Å². The van der Waals surface area contributed by atoms with Gasteiger partial charge in [-0.3, -0.25) is 9.59 Å². The van der Waals surface area contributed by atoms with E-state index in [1.165, 1.54) is 5.56 Å². The third kappa shape index (κ3) is 3.43. The molecule has 4 heteroatoms. The number of rotatable bonds is 5. The average molecular weight is 337 g/mol. The van der Waals surface area contributed by atoms with Gasteiger partial charge in [0.05, 0.1) is 12.7 Å². The minimum atomic E-state index is -0.0611. The lowest BCUT2D eigenvalue weighted by Gasteiger charge is -2.22. The highest BCUT2D eigenvalue weighted by Crippen LogP contribution is 2.32. The first-order valence-electron chi connectivity index (χ1n) is 8.59. The van der Waals surface area contributed by atoms with E-state index >= 15 is 0 Å². The summed E-state index contributed by atoms with van der Waals surface area (Å²) < 4.78 is 5.28. The van der Waals surface area contributed by atoms with Crippen molar-refractivity contribution in [3.05, 3.63) is 59.2 Å². The van der Waals surface area contributed by atoms with Crippen LogP contribution in [-0.2, 0) is 11.2 Å². The summed E-state index contributed by atoms with van der Waals surface area (Å²) in [6.45, 7) is 3.98. The molecule has 0 radical (unpaired) electrons. The second-order valence-electron chi connectivity index (χ2n) is 6.57. The van der Waals surface area contributed by atoms with Crippen molar-refractivity contribution >= 4 is 17.4 Å². The molecule has 4 nitrogen and oxygen atoms in total. The van der Waals surface area contributed by atoms with Gasteiger partial charge in [0, 0.05) is 24.6 Å². The van der Waals surface area contributed by atoms with E-state index < -0.39 is 0 Å². The summed E-state index contributed by atoms with van der Waals surface area (Å²) in [4.78, 5) is 27.1. The Morgan fingerprint density at radius 2 is 1.92 bits per heavy atom. The van der Waals surface area contributed by atoms with E-state index in [0.29, 0.717) is 11.3 Å². The number of ether oxygens (including phenoxy) is 1. The Morgan fingerprint density at radius 1 is 1.16 bits per heavy atom. The zero-order valence-electron chi connectivity index (χ0n) is 14.9. The zero-order chi connectivity index (χ0) is 18.0. The number of benzene rings is 2. The molecule has 0 N–H and O–H groups in total. The predicted molar refractivity (Wildman–Crippen MR) is 98.4 cm³/mol. The summed E-state index contributed by atoms with van der Waals surface area (Å²) in [7, 11) is 1.55. The highest BCUT2D eigenvalue weighted by atomic mass is 16.5. The number of para-hydroxylation sites is 1. The maximum Gasteiger partial charge on any atom is 0.227 e. The van der Waals surface area contributed by atoms with Crippen LogP contribution in [0.5, 0.6) is 5.75 Å².